The molecule has 70 valence electrons. The first kappa shape index (κ1) is 9.43. The smallest absolute Gasteiger partial charge is 0.0170 e. The molecule has 0 aromatic heterocycles. The van der Waals surface area contributed by atoms with Crippen LogP contribution in [-0.4, -0.2) is 6.54 Å². The molecule has 0 amide bonds. The van der Waals surface area contributed by atoms with Crippen LogP contribution in [0.4, 0.5) is 0 Å². The standard InChI is InChI=1S/C10H20N2/c11-7-8-12-9-10-5-3-1-2-4-6-10/h7-8,10,12H,1-6,9,11H2/b8-7-. The summed E-state index contributed by atoms with van der Waals surface area (Å²) in [5.41, 5.74) is 5.23. The predicted octanol–water partition coefficient (Wildman–Crippen LogP) is 1.98. The van der Waals surface area contributed by atoms with Crippen LogP contribution in [0.1, 0.15) is 38.5 Å². The molecule has 0 heterocycles. The second-order valence-electron chi connectivity index (χ2n) is 3.62. The fraction of sp³-hybridized carbons (Fsp3) is 0.800. The Morgan fingerprint density at radius 3 is 2.42 bits per heavy atom. The van der Waals surface area contributed by atoms with Gasteiger partial charge in [-0.1, -0.05) is 25.7 Å². The van der Waals surface area contributed by atoms with E-state index in [4.69, 9.17) is 5.73 Å². The van der Waals surface area contributed by atoms with Crippen molar-refractivity contribution in [3.05, 3.63) is 12.4 Å². The minimum absolute atomic E-state index is 0.878. The Morgan fingerprint density at radius 2 is 1.83 bits per heavy atom. The molecule has 1 fully saturated rings. The average molecular weight is 168 g/mol. The lowest BCUT2D eigenvalue weighted by atomic mass is 10.0. The third-order valence-corrected chi connectivity index (χ3v) is 2.60. The number of hydrogen-bond donors (Lipinski definition) is 2. The highest BCUT2D eigenvalue weighted by Gasteiger charge is 2.10. The van der Waals surface area contributed by atoms with Crippen molar-refractivity contribution in [2.45, 2.75) is 38.5 Å². The first-order valence-corrected chi connectivity index (χ1v) is 5.03. The van der Waals surface area contributed by atoms with E-state index in [0.29, 0.717) is 0 Å². The molecule has 1 saturated carbocycles. The largest absolute Gasteiger partial charge is 0.403 e. The van der Waals surface area contributed by atoms with E-state index in [1.807, 2.05) is 6.20 Å². The molecule has 0 aliphatic heterocycles. The van der Waals surface area contributed by atoms with Gasteiger partial charge in [0.05, 0.1) is 0 Å². The number of nitrogens with one attached hydrogen (secondary N) is 1. The van der Waals surface area contributed by atoms with Crippen LogP contribution in [0, 0.1) is 5.92 Å². The van der Waals surface area contributed by atoms with Gasteiger partial charge in [0, 0.05) is 18.9 Å². The summed E-state index contributed by atoms with van der Waals surface area (Å²) >= 11 is 0. The lowest BCUT2D eigenvalue weighted by molar-refractivity contribution is 0.448. The van der Waals surface area contributed by atoms with E-state index in [-0.39, 0.29) is 0 Å². The first-order chi connectivity index (χ1) is 5.93. The predicted molar refractivity (Wildman–Crippen MR) is 52.5 cm³/mol. The summed E-state index contributed by atoms with van der Waals surface area (Å²) < 4.78 is 0. The van der Waals surface area contributed by atoms with E-state index < -0.39 is 0 Å². The van der Waals surface area contributed by atoms with Crippen molar-refractivity contribution in [1.29, 1.82) is 0 Å². The molecule has 1 rings (SSSR count). The van der Waals surface area contributed by atoms with Crippen LogP contribution in [0.2, 0.25) is 0 Å². The normalized spacial score (nSPS) is 21.0. The molecular formula is C10H20N2. The van der Waals surface area contributed by atoms with E-state index >= 15 is 0 Å². The van der Waals surface area contributed by atoms with Gasteiger partial charge in [0.15, 0.2) is 0 Å². The van der Waals surface area contributed by atoms with Crippen molar-refractivity contribution in [3.8, 4) is 0 Å². The van der Waals surface area contributed by atoms with E-state index in [2.05, 4.69) is 5.32 Å². The quantitative estimate of drug-likeness (QED) is 0.632. The van der Waals surface area contributed by atoms with Crippen molar-refractivity contribution in [2.24, 2.45) is 11.7 Å². The highest BCUT2D eigenvalue weighted by Crippen LogP contribution is 2.21. The first-order valence-electron chi connectivity index (χ1n) is 5.03. The monoisotopic (exact) mass is 168 g/mol. The van der Waals surface area contributed by atoms with Crippen LogP contribution >= 0.6 is 0 Å². The van der Waals surface area contributed by atoms with E-state index in [9.17, 15) is 0 Å². The molecule has 3 N–H and O–H groups in total. The van der Waals surface area contributed by atoms with Crippen LogP contribution in [0.5, 0.6) is 0 Å². The van der Waals surface area contributed by atoms with Gasteiger partial charge >= 0.3 is 0 Å². The minimum atomic E-state index is 0.878. The highest BCUT2D eigenvalue weighted by molar-refractivity contribution is 4.75. The molecule has 1 aliphatic rings. The Morgan fingerprint density at radius 1 is 1.17 bits per heavy atom. The maximum Gasteiger partial charge on any atom is 0.0170 e. The van der Waals surface area contributed by atoms with Gasteiger partial charge in [0.2, 0.25) is 0 Å². The Bertz CT molecular complexity index is 124. The molecule has 0 radical (unpaired) electrons. The van der Waals surface area contributed by atoms with Gasteiger partial charge in [-0.25, -0.2) is 0 Å². The van der Waals surface area contributed by atoms with Gasteiger partial charge in [-0.3, -0.25) is 0 Å². The van der Waals surface area contributed by atoms with Gasteiger partial charge in [-0.2, -0.15) is 0 Å². The topological polar surface area (TPSA) is 38.0 Å². The van der Waals surface area contributed by atoms with E-state index in [1.165, 1.54) is 38.5 Å². The lowest BCUT2D eigenvalue weighted by Gasteiger charge is -2.12. The Labute approximate surface area is 75.2 Å². The lowest BCUT2D eigenvalue weighted by Crippen LogP contribution is -2.17. The number of rotatable bonds is 3. The molecule has 2 nitrogen and oxygen atoms in total. The Hall–Kier alpha value is -0.660. The molecule has 0 saturated heterocycles. The van der Waals surface area contributed by atoms with Crippen LogP contribution in [0.15, 0.2) is 12.4 Å². The third-order valence-electron chi connectivity index (χ3n) is 2.60. The zero-order valence-electron chi connectivity index (χ0n) is 7.76. The summed E-state index contributed by atoms with van der Waals surface area (Å²) in [6, 6.07) is 0. The molecule has 0 bridgehead atoms. The molecule has 2 heteroatoms. The van der Waals surface area contributed by atoms with Crippen LogP contribution in [0.3, 0.4) is 0 Å². The summed E-state index contributed by atoms with van der Waals surface area (Å²) in [5.74, 6) is 0.878. The van der Waals surface area contributed by atoms with Crippen molar-refractivity contribution in [3.63, 3.8) is 0 Å². The number of hydrogen-bond acceptors (Lipinski definition) is 2. The van der Waals surface area contributed by atoms with Gasteiger partial charge in [0.25, 0.3) is 0 Å². The van der Waals surface area contributed by atoms with Gasteiger partial charge < -0.3 is 11.1 Å². The van der Waals surface area contributed by atoms with Crippen LogP contribution < -0.4 is 11.1 Å². The zero-order chi connectivity index (χ0) is 8.65. The van der Waals surface area contributed by atoms with E-state index in [0.717, 1.165) is 12.5 Å². The molecule has 0 atom stereocenters. The van der Waals surface area contributed by atoms with Crippen molar-refractivity contribution in [1.82, 2.24) is 5.32 Å². The molecule has 0 unspecified atom stereocenters. The zero-order valence-corrected chi connectivity index (χ0v) is 7.76. The summed E-state index contributed by atoms with van der Waals surface area (Å²) in [4.78, 5) is 0. The molecule has 1 aliphatic carbocycles. The highest BCUT2D eigenvalue weighted by atomic mass is 14.8. The van der Waals surface area contributed by atoms with E-state index in [1.54, 1.807) is 6.20 Å². The SMILES string of the molecule is N/C=C\NCC1CCCCCC1. The number of nitrogens with two attached hydrogens (primary N) is 1. The molecule has 0 spiro atoms. The fourth-order valence-corrected chi connectivity index (χ4v) is 1.87. The van der Waals surface area contributed by atoms with Crippen molar-refractivity contribution < 1.29 is 0 Å². The van der Waals surface area contributed by atoms with Crippen molar-refractivity contribution >= 4 is 0 Å². The fourth-order valence-electron chi connectivity index (χ4n) is 1.87. The Balaban J connectivity index is 2.11. The van der Waals surface area contributed by atoms with Gasteiger partial charge in [-0.05, 0) is 18.8 Å². The summed E-state index contributed by atoms with van der Waals surface area (Å²) in [6.07, 6.45) is 11.9. The summed E-state index contributed by atoms with van der Waals surface area (Å²) in [7, 11) is 0. The van der Waals surface area contributed by atoms with Gasteiger partial charge in [-0.15, -0.1) is 0 Å². The van der Waals surface area contributed by atoms with Crippen LogP contribution in [-0.2, 0) is 0 Å². The summed E-state index contributed by atoms with van der Waals surface area (Å²) in [5, 5.41) is 3.23. The maximum atomic E-state index is 5.23. The third kappa shape index (κ3) is 3.65. The van der Waals surface area contributed by atoms with Crippen LogP contribution in [0.25, 0.3) is 0 Å². The molecular weight excluding hydrogens is 148 g/mol. The maximum absolute atomic E-state index is 5.23. The molecule has 12 heavy (non-hydrogen) atoms. The van der Waals surface area contributed by atoms with Gasteiger partial charge in [0.1, 0.15) is 0 Å². The second kappa shape index (κ2) is 5.92. The van der Waals surface area contributed by atoms with Crippen molar-refractivity contribution in [2.75, 3.05) is 6.54 Å². The second-order valence-corrected chi connectivity index (χ2v) is 3.62. The molecule has 0 aromatic rings. The molecule has 0 aromatic carbocycles. The summed E-state index contributed by atoms with van der Waals surface area (Å²) in [6.45, 7) is 1.10. The Kier molecular flexibility index (Phi) is 4.65. The minimum Gasteiger partial charge on any atom is -0.403 e. The average Bonchev–Trinajstić information content (AvgIpc) is 2.33.